The minimum atomic E-state index is -0.0769. The van der Waals surface area contributed by atoms with Crippen LogP contribution in [-0.4, -0.2) is 28.3 Å². The molecule has 0 radical (unpaired) electrons. The molecule has 1 aromatic heterocycles. The van der Waals surface area contributed by atoms with Gasteiger partial charge in [0.2, 0.25) is 0 Å². The van der Waals surface area contributed by atoms with Crippen LogP contribution in [0.4, 0.5) is 0 Å². The molecule has 2 unspecified atom stereocenters. The van der Waals surface area contributed by atoms with Crippen LogP contribution in [0.3, 0.4) is 0 Å². The van der Waals surface area contributed by atoms with Gasteiger partial charge >= 0.3 is 0 Å². The number of hydrogen-bond acceptors (Lipinski definition) is 2. The van der Waals surface area contributed by atoms with Crippen molar-refractivity contribution in [1.29, 1.82) is 0 Å². The lowest BCUT2D eigenvalue weighted by Crippen LogP contribution is -2.40. The fourth-order valence-corrected chi connectivity index (χ4v) is 5.32. The summed E-state index contributed by atoms with van der Waals surface area (Å²) in [6, 6.07) is 9.61. The predicted octanol–water partition coefficient (Wildman–Crippen LogP) is 7.47. The quantitative estimate of drug-likeness (QED) is 0.294. The van der Waals surface area contributed by atoms with Gasteiger partial charge in [0.05, 0.1) is 6.10 Å². The Labute approximate surface area is 201 Å². The van der Waals surface area contributed by atoms with Gasteiger partial charge in [-0.15, -0.1) is 0 Å². The third-order valence-corrected chi connectivity index (χ3v) is 7.28. The molecule has 1 fully saturated rings. The van der Waals surface area contributed by atoms with E-state index in [2.05, 4.69) is 80.6 Å². The number of aromatic nitrogens is 1. The smallest absolute Gasteiger partial charge is 0.0540 e. The highest BCUT2D eigenvalue weighted by atomic mass is 16.3. The molecule has 3 heteroatoms. The van der Waals surface area contributed by atoms with Gasteiger partial charge in [-0.05, 0) is 109 Å². The van der Waals surface area contributed by atoms with Crippen molar-refractivity contribution >= 4 is 10.9 Å². The molecule has 1 aromatic carbocycles. The maximum atomic E-state index is 9.93. The van der Waals surface area contributed by atoms with Gasteiger partial charge in [0.25, 0.3) is 0 Å². The molecule has 0 saturated heterocycles. The number of hydrogen-bond donors (Lipinski definition) is 3. The monoisotopic (exact) mass is 450 g/mol. The van der Waals surface area contributed by atoms with E-state index in [-0.39, 0.29) is 6.10 Å². The molecule has 0 amide bonds. The van der Waals surface area contributed by atoms with Crippen molar-refractivity contribution in [2.24, 2.45) is 5.92 Å². The minimum Gasteiger partial charge on any atom is -0.393 e. The first-order chi connectivity index (χ1) is 15.9. The third-order valence-electron chi connectivity index (χ3n) is 7.28. The van der Waals surface area contributed by atoms with E-state index in [1.807, 2.05) is 0 Å². The summed E-state index contributed by atoms with van der Waals surface area (Å²) in [7, 11) is 0. The van der Waals surface area contributed by atoms with E-state index in [9.17, 15) is 5.11 Å². The van der Waals surface area contributed by atoms with Gasteiger partial charge < -0.3 is 15.4 Å². The summed E-state index contributed by atoms with van der Waals surface area (Å²) in [5.74, 6) is 0.723. The number of fused-ring (bicyclic) bond motifs is 1. The molecule has 2 aromatic rings. The van der Waals surface area contributed by atoms with Crippen molar-refractivity contribution in [3.05, 3.63) is 59.3 Å². The van der Waals surface area contributed by atoms with Gasteiger partial charge in [0.15, 0.2) is 0 Å². The lowest BCUT2D eigenvalue weighted by molar-refractivity contribution is 0.103. The van der Waals surface area contributed by atoms with E-state index in [0.29, 0.717) is 12.1 Å². The summed E-state index contributed by atoms with van der Waals surface area (Å²) in [4.78, 5) is 3.45. The molecular formula is C30H46N2O. The molecule has 1 heterocycles. The zero-order valence-electron chi connectivity index (χ0n) is 21.4. The van der Waals surface area contributed by atoms with Crippen molar-refractivity contribution in [2.45, 2.75) is 110 Å². The normalized spacial score (nSPS) is 21.2. The summed E-state index contributed by atoms with van der Waals surface area (Å²) in [6.07, 6.45) is 18.1. The van der Waals surface area contributed by atoms with Crippen LogP contribution in [0.2, 0.25) is 0 Å². The number of benzene rings is 1. The van der Waals surface area contributed by atoms with Crippen LogP contribution >= 0.6 is 0 Å². The van der Waals surface area contributed by atoms with Crippen molar-refractivity contribution < 1.29 is 5.11 Å². The van der Waals surface area contributed by atoms with Crippen LogP contribution in [0.5, 0.6) is 0 Å². The second kappa shape index (κ2) is 13.2. The SMILES string of the molecule is CC(C)=CCC/C(C)=C/CCC(C)NC(Cc1c[nH]c2ccccc12)CC1CCC(O)CC1. The van der Waals surface area contributed by atoms with E-state index in [1.54, 1.807) is 0 Å². The summed E-state index contributed by atoms with van der Waals surface area (Å²) in [5, 5.41) is 15.3. The van der Waals surface area contributed by atoms with E-state index >= 15 is 0 Å². The number of H-pyrrole nitrogens is 1. The lowest BCUT2D eigenvalue weighted by atomic mass is 9.82. The van der Waals surface area contributed by atoms with Crippen molar-refractivity contribution in [3.63, 3.8) is 0 Å². The first-order valence-electron chi connectivity index (χ1n) is 13.2. The maximum Gasteiger partial charge on any atom is 0.0540 e. The van der Waals surface area contributed by atoms with Gasteiger partial charge in [-0.25, -0.2) is 0 Å². The van der Waals surface area contributed by atoms with Crippen LogP contribution < -0.4 is 5.32 Å². The molecule has 0 aliphatic heterocycles. The Morgan fingerprint density at radius 3 is 2.61 bits per heavy atom. The van der Waals surface area contributed by atoms with Crippen LogP contribution in [-0.2, 0) is 6.42 Å². The first-order valence-corrected chi connectivity index (χ1v) is 13.2. The number of allylic oxidation sites excluding steroid dienone is 4. The Balaban J connectivity index is 1.57. The molecule has 0 bridgehead atoms. The average molecular weight is 451 g/mol. The number of nitrogens with one attached hydrogen (secondary N) is 2. The van der Waals surface area contributed by atoms with Crippen molar-refractivity contribution in [1.82, 2.24) is 10.3 Å². The summed E-state index contributed by atoms with van der Waals surface area (Å²) < 4.78 is 0. The molecule has 1 aliphatic rings. The van der Waals surface area contributed by atoms with Crippen LogP contribution in [0.15, 0.2) is 53.8 Å². The summed E-state index contributed by atoms with van der Waals surface area (Å²) in [5.41, 5.74) is 5.57. The largest absolute Gasteiger partial charge is 0.393 e. The van der Waals surface area contributed by atoms with Gasteiger partial charge in [-0.3, -0.25) is 0 Å². The molecule has 33 heavy (non-hydrogen) atoms. The predicted molar refractivity (Wildman–Crippen MR) is 143 cm³/mol. The van der Waals surface area contributed by atoms with Gasteiger partial charge in [-0.2, -0.15) is 0 Å². The zero-order valence-corrected chi connectivity index (χ0v) is 21.4. The Bertz CT molecular complexity index is 897. The first kappa shape index (κ1) is 25.8. The number of para-hydroxylation sites is 1. The Morgan fingerprint density at radius 1 is 1.09 bits per heavy atom. The number of aliphatic hydroxyl groups excluding tert-OH is 1. The highest BCUT2D eigenvalue weighted by Gasteiger charge is 2.24. The summed E-state index contributed by atoms with van der Waals surface area (Å²) >= 11 is 0. The molecule has 1 aliphatic carbocycles. The summed E-state index contributed by atoms with van der Waals surface area (Å²) in [6.45, 7) is 8.97. The highest BCUT2D eigenvalue weighted by Crippen LogP contribution is 2.29. The van der Waals surface area contributed by atoms with Gasteiger partial charge in [0.1, 0.15) is 0 Å². The Kier molecular flexibility index (Phi) is 10.3. The average Bonchev–Trinajstić information content (AvgIpc) is 3.18. The number of aromatic amines is 1. The number of aliphatic hydroxyl groups is 1. The second-order valence-electron chi connectivity index (χ2n) is 10.7. The van der Waals surface area contributed by atoms with E-state index < -0.39 is 0 Å². The molecular weight excluding hydrogens is 404 g/mol. The Morgan fingerprint density at radius 2 is 1.85 bits per heavy atom. The van der Waals surface area contributed by atoms with E-state index in [1.165, 1.54) is 46.9 Å². The van der Waals surface area contributed by atoms with Crippen LogP contribution in [0.1, 0.15) is 91.0 Å². The minimum absolute atomic E-state index is 0.0769. The lowest BCUT2D eigenvalue weighted by Gasteiger charge is -2.31. The second-order valence-corrected chi connectivity index (χ2v) is 10.7. The number of rotatable bonds is 12. The topological polar surface area (TPSA) is 48.0 Å². The Hall–Kier alpha value is -1.84. The van der Waals surface area contributed by atoms with E-state index in [0.717, 1.165) is 50.9 Å². The molecule has 182 valence electrons. The standard InChI is InChI=1S/C30H46N2O/c1-22(2)9-7-10-23(3)11-8-12-24(4)32-27(19-25-15-17-28(33)18-16-25)20-26-21-31-30-14-6-5-13-29(26)30/h5-6,9,11,13-14,21,24-25,27-28,31-33H,7-8,10,12,15-20H2,1-4H3/b23-11+. The fraction of sp³-hybridized carbons (Fsp3) is 0.600. The molecule has 1 saturated carbocycles. The van der Waals surface area contributed by atoms with Crippen molar-refractivity contribution in [2.75, 3.05) is 0 Å². The molecule has 3 N–H and O–H groups in total. The van der Waals surface area contributed by atoms with Gasteiger partial charge in [-0.1, -0.05) is 41.5 Å². The third kappa shape index (κ3) is 8.79. The molecule has 0 spiro atoms. The maximum absolute atomic E-state index is 9.93. The van der Waals surface area contributed by atoms with Crippen LogP contribution in [0, 0.1) is 5.92 Å². The molecule has 3 rings (SSSR count). The zero-order chi connectivity index (χ0) is 23.6. The van der Waals surface area contributed by atoms with Gasteiger partial charge in [0, 0.05) is 29.2 Å². The van der Waals surface area contributed by atoms with Crippen molar-refractivity contribution in [3.8, 4) is 0 Å². The highest BCUT2D eigenvalue weighted by molar-refractivity contribution is 5.83. The van der Waals surface area contributed by atoms with E-state index in [4.69, 9.17) is 0 Å². The molecule has 2 atom stereocenters. The fourth-order valence-electron chi connectivity index (χ4n) is 5.32. The van der Waals surface area contributed by atoms with Crippen LogP contribution in [0.25, 0.3) is 10.9 Å². The molecule has 3 nitrogen and oxygen atoms in total.